The molecule has 8 heteroatoms. The van der Waals surface area contributed by atoms with Crippen LogP contribution < -0.4 is 5.32 Å². The molecule has 0 aromatic heterocycles. The van der Waals surface area contributed by atoms with Crippen molar-refractivity contribution in [2.45, 2.75) is 25.2 Å². The molecule has 0 heterocycles. The lowest BCUT2D eigenvalue weighted by Crippen LogP contribution is -2.42. The van der Waals surface area contributed by atoms with Crippen molar-refractivity contribution in [1.29, 1.82) is 0 Å². The number of amides is 1. The maximum atomic E-state index is 13.3. The third kappa shape index (κ3) is 3.63. The van der Waals surface area contributed by atoms with Crippen molar-refractivity contribution in [1.82, 2.24) is 5.32 Å². The Hall–Kier alpha value is -1.70. The SMILES string of the molecule is C[C@@H](O)C(=O)N[C@@H](c1cccc(F)c1F)C(F)(F)F. The second-order valence-electron chi connectivity index (χ2n) is 3.80. The van der Waals surface area contributed by atoms with E-state index in [0.29, 0.717) is 12.1 Å². The second-order valence-corrected chi connectivity index (χ2v) is 3.80. The van der Waals surface area contributed by atoms with E-state index in [0.717, 1.165) is 13.0 Å². The van der Waals surface area contributed by atoms with E-state index >= 15 is 0 Å². The average Bonchev–Trinajstić information content (AvgIpc) is 2.28. The highest BCUT2D eigenvalue weighted by molar-refractivity contribution is 5.80. The summed E-state index contributed by atoms with van der Waals surface area (Å²) in [5, 5.41) is 10.3. The summed E-state index contributed by atoms with van der Waals surface area (Å²) in [5.74, 6) is -4.50. The Labute approximate surface area is 105 Å². The minimum atomic E-state index is -5.03. The smallest absolute Gasteiger partial charge is 0.384 e. The zero-order chi connectivity index (χ0) is 14.8. The normalized spacial score (nSPS) is 14.9. The first kappa shape index (κ1) is 15.4. The van der Waals surface area contributed by atoms with Crippen LogP contribution in [0.3, 0.4) is 0 Å². The van der Waals surface area contributed by atoms with Gasteiger partial charge in [-0.05, 0) is 13.0 Å². The Bertz CT molecular complexity index is 473. The van der Waals surface area contributed by atoms with Crippen molar-refractivity contribution >= 4 is 5.91 Å². The Morgan fingerprint density at radius 1 is 1.32 bits per heavy atom. The zero-order valence-electron chi connectivity index (χ0n) is 9.63. The van der Waals surface area contributed by atoms with Crippen molar-refractivity contribution in [3.63, 3.8) is 0 Å². The molecule has 3 nitrogen and oxygen atoms in total. The number of rotatable bonds is 3. The van der Waals surface area contributed by atoms with E-state index in [2.05, 4.69) is 0 Å². The molecule has 106 valence electrons. The number of benzene rings is 1. The van der Waals surface area contributed by atoms with E-state index in [1.807, 2.05) is 0 Å². The van der Waals surface area contributed by atoms with Crippen LogP contribution in [0.4, 0.5) is 22.0 Å². The van der Waals surface area contributed by atoms with Gasteiger partial charge in [0.05, 0.1) is 0 Å². The fourth-order valence-corrected chi connectivity index (χ4v) is 1.34. The minimum absolute atomic E-state index is 0.656. The lowest BCUT2D eigenvalue weighted by Gasteiger charge is -2.23. The highest BCUT2D eigenvalue weighted by atomic mass is 19.4. The topological polar surface area (TPSA) is 49.3 Å². The molecule has 1 amide bonds. The number of alkyl halides is 3. The number of carbonyl (C=O) groups excluding carboxylic acids is 1. The summed E-state index contributed by atoms with van der Waals surface area (Å²) in [6.07, 6.45) is -6.74. The lowest BCUT2D eigenvalue weighted by molar-refractivity contribution is -0.166. The van der Waals surface area contributed by atoms with Crippen LogP contribution >= 0.6 is 0 Å². The molecule has 0 saturated carbocycles. The molecule has 2 atom stereocenters. The zero-order valence-corrected chi connectivity index (χ0v) is 9.63. The van der Waals surface area contributed by atoms with E-state index < -0.39 is 41.4 Å². The van der Waals surface area contributed by atoms with Gasteiger partial charge in [-0.25, -0.2) is 8.78 Å². The molecule has 0 saturated heterocycles. The number of aliphatic hydroxyl groups is 1. The summed E-state index contributed by atoms with van der Waals surface area (Å²) in [5.41, 5.74) is -1.05. The summed E-state index contributed by atoms with van der Waals surface area (Å²) in [7, 11) is 0. The maximum Gasteiger partial charge on any atom is 0.412 e. The third-order valence-corrected chi connectivity index (χ3v) is 2.29. The van der Waals surface area contributed by atoms with Gasteiger partial charge in [0, 0.05) is 5.56 Å². The molecule has 0 aliphatic rings. The first-order chi connectivity index (χ1) is 8.64. The number of hydrogen-bond acceptors (Lipinski definition) is 2. The van der Waals surface area contributed by atoms with Gasteiger partial charge < -0.3 is 10.4 Å². The molecule has 1 aromatic carbocycles. The number of halogens is 5. The highest BCUT2D eigenvalue weighted by Gasteiger charge is 2.44. The van der Waals surface area contributed by atoms with E-state index in [4.69, 9.17) is 5.11 Å². The van der Waals surface area contributed by atoms with E-state index in [-0.39, 0.29) is 0 Å². The van der Waals surface area contributed by atoms with Gasteiger partial charge in [0.2, 0.25) is 5.91 Å². The summed E-state index contributed by atoms with van der Waals surface area (Å²) < 4.78 is 64.5. The van der Waals surface area contributed by atoms with Gasteiger partial charge in [0.25, 0.3) is 0 Å². The average molecular weight is 283 g/mol. The first-order valence-electron chi connectivity index (χ1n) is 5.13. The summed E-state index contributed by atoms with van der Waals surface area (Å²) >= 11 is 0. The number of carbonyl (C=O) groups is 1. The number of nitrogens with one attached hydrogen (secondary N) is 1. The van der Waals surface area contributed by atoms with Crippen LogP contribution in [-0.2, 0) is 4.79 Å². The molecular formula is C11H10F5NO2. The third-order valence-electron chi connectivity index (χ3n) is 2.29. The Balaban J connectivity index is 3.18. The Morgan fingerprint density at radius 2 is 1.89 bits per heavy atom. The second kappa shape index (κ2) is 5.52. The minimum Gasteiger partial charge on any atom is -0.384 e. The van der Waals surface area contributed by atoms with Gasteiger partial charge in [0.15, 0.2) is 17.7 Å². The van der Waals surface area contributed by atoms with Gasteiger partial charge in [-0.1, -0.05) is 12.1 Å². The highest BCUT2D eigenvalue weighted by Crippen LogP contribution is 2.34. The van der Waals surface area contributed by atoms with Gasteiger partial charge in [-0.3, -0.25) is 4.79 Å². The van der Waals surface area contributed by atoms with Crippen LogP contribution in [0.15, 0.2) is 18.2 Å². The van der Waals surface area contributed by atoms with Gasteiger partial charge in [0.1, 0.15) is 6.10 Å². The van der Waals surface area contributed by atoms with E-state index in [9.17, 15) is 26.7 Å². The van der Waals surface area contributed by atoms with Gasteiger partial charge in [-0.15, -0.1) is 0 Å². The molecule has 0 spiro atoms. The van der Waals surface area contributed by atoms with Crippen molar-refractivity contribution < 1.29 is 31.9 Å². The van der Waals surface area contributed by atoms with Crippen LogP contribution in [0.5, 0.6) is 0 Å². The van der Waals surface area contributed by atoms with Crippen LogP contribution in [0, 0.1) is 11.6 Å². The summed E-state index contributed by atoms with van der Waals surface area (Å²) in [4.78, 5) is 11.1. The van der Waals surface area contributed by atoms with Crippen molar-refractivity contribution in [2.75, 3.05) is 0 Å². The molecule has 0 bridgehead atoms. The summed E-state index contributed by atoms with van der Waals surface area (Å²) in [6.45, 7) is 0.949. The maximum absolute atomic E-state index is 13.3. The van der Waals surface area contributed by atoms with Crippen LogP contribution in [0.2, 0.25) is 0 Å². The molecule has 0 unspecified atom stereocenters. The molecule has 1 aromatic rings. The monoisotopic (exact) mass is 283 g/mol. The molecule has 2 N–H and O–H groups in total. The fourth-order valence-electron chi connectivity index (χ4n) is 1.34. The van der Waals surface area contributed by atoms with Crippen LogP contribution in [0.25, 0.3) is 0 Å². The Morgan fingerprint density at radius 3 is 2.37 bits per heavy atom. The number of hydrogen-bond donors (Lipinski definition) is 2. The molecule has 0 fully saturated rings. The lowest BCUT2D eigenvalue weighted by atomic mass is 10.1. The van der Waals surface area contributed by atoms with Crippen LogP contribution in [0.1, 0.15) is 18.5 Å². The molecule has 0 radical (unpaired) electrons. The molecule has 1 rings (SSSR count). The fraction of sp³-hybridized carbons (Fsp3) is 0.364. The quantitative estimate of drug-likeness (QED) is 0.834. The van der Waals surface area contributed by atoms with E-state index in [1.165, 1.54) is 5.32 Å². The van der Waals surface area contributed by atoms with E-state index in [1.54, 1.807) is 0 Å². The largest absolute Gasteiger partial charge is 0.412 e. The van der Waals surface area contributed by atoms with Crippen molar-refractivity contribution in [3.8, 4) is 0 Å². The number of aliphatic hydroxyl groups excluding tert-OH is 1. The first-order valence-corrected chi connectivity index (χ1v) is 5.13. The molecular weight excluding hydrogens is 273 g/mol. The molecule has 0 aliphatic heterocycles. The predicted molar refractivity (Wildman–Crippen MR) is 55.0 cm³/mol. The van der Waals surface area contributed by atoms with Crippen LogP contribution in [-0.4, -0.2) is 23.3 Å². The van der Waals surface area contributed by atoms with Crippen molar-refractivity contribution in [3.05, 3.63) is 35.4 Å². The van der Waals surface area contributed by atoms with Gasteiger partial charge in [-0.2, -0.15) is 13.2 Å². The van der Waals surface area contributed by atoms with Gasteiger partial charge >= 0.3 is 6.18 Å². The standard InChI is InChI=1S/C11H10F5NO2/c1-5(18)10(19)17-9(11(14,15)16)6-3-2-4-7(12)8(6)13/h2-5,9,18H,1H3,(H,17,19)/t5-,9+/m1/s1. The Kier molecular flexibility index (Phi) is 4.46. The molecule has 19 heavy (non-hydrogen) atoms. The van der Waals surface area contributed by atoms with Crippen molar-refractivity contribution in [2.24, 2.45) is 0 Å². The predicted octanol–water partition coefficient (Wildman–Crippen LogP) is 2.07. The molecule has 0 aliphatic carbocycles. The summed E-state index contributed by atoms with van der Waals surface area (Å²) in [6, 6.07) is -0.479.